The number of nitrogens with zero attached hydrogens (tertiary/aromatic N) is 5. The number of carbonyl (C=O) groups is 1. The Hall–Kier alpha value is -3.53. The first-order valence-electron chi connectivity index (χ1n) is 7.27. The fourth-order valence-electron chi connectivity index (χ4n) is 2.96. The molecule has 7 heteroatoms. The minimum atomic E-state index is -0.379. The van der Waals surface area contributed by atoms with Crippen molar-refractivity contribution in [3.05, 3.63) is 77.3 Å². The molecule has 0 N–H and O–H groups in total. The highest BCUT2D eigenvalue weighted by Crippen LogP contribution is 2.39. The van der Waals surface area contributed by atoms with Crippen LogP contribution in [-0.2, 0) is 6.54 Å². The smallest absolute Gasteiger partial charge is 0.256 e. The van der Waals surface area contributed by atoms with Crippen molar-refractivity contribution in [1.82, 2.24) is 20.1 Å². The topological polar surface area (TPSA) is 95.9 Å². The van der Waals surface area contributed by atoms with Crippen molar-refractivity contribution in [3.63, 3.8) is 0 Å². The van der Waals surface area contributed by atoms with Gasteiger partial charge in [-0.3, -0.25) is 4.79 Å². The summed E-state index contributed by atoms with van der Waals surface area (Å²) in [5, 5.41) is 16.6. The number of aromatic nitrogens is 3. The second kappa shape index (κ2) is 5.59. The Balaban J connectivity index is 1.80. The van der Waals surface area contributed by atoms with Gasteiger partial charge in [-0.15, -0.1) is 0 Å². The molecule has 24 heavy (non-hydrogen) atoms. The van der Waals surface area contributed by atoms with Crippen LogP contribution in [0.3, 0.4) is 0 Å². The van der Waals surface area contributed by atoms with Gasteiger partial charge < -0.3 is 9.32 Å². The molecule has 7 nitrogen and oxygen atoms in total. The molecule has 3 heterocycles. The summed E-state index contributed by atoms with van der Waals surface area (Å²) < 4.78 is 5.45. The average molecular weight is 317 g/mol. The molecule has 2 aromatic heterocycles. The first kappa shape index (κ1) is 14.1. The van der Waals surface area contributed by atoms with Crippen LogP contribution in [-0.4, -0.2) is 26.0 Å². The minimum Gasteiger partial charge on any atom is -0.446 e. The molecule has 0 saturated carbocycles. The van der Waals surface area contributed by atoms with Crippen LogP contribution < -0.4 is 0 Å². The first-order valence-corrected chi connectivity index (χ1v) is 7.27. The van der Waals surface area contributed by atoms with E-state index in [0.717, 1.165) is 11.1 Å². The number of rotatable bonds is 2. The number of amides is 1. The normalized spacial score (nSPS) is 15.8. The van der Waals surface area contributed by atoms with E-state index in [1.807, 2.05) is 6.07 Å². The predicted molar refractivity (Wildman–Crippen MR) is 81.4 cm³/mol. The second-order valence-corrected chi connectivity index (χ2v) is 5.40. The number of benzene rings is 1. The summed E-state index contributed by atoms with van der Waals surface area (Å²) >= 11 is 0. The quantitative estimate of drug-likeness (QED) is 0.718. The van der Waals surface area contributed by atoms with Crippen molar-refractivity contribution in [3.8, 4) is 6.07 Å². The maximum Gasteiger partial charge on any atom is 0.256 e. The van der Waals surface area contributed by atoms with E-state index in [-0.39, 0.29) is 11.9 Å². The summed E-state index contributed by atoms with van der Waals surface area (Å²) in [6.45, 7) is 0.386. The molecule has 1 atom stereocenters. The highest BCUT2D eigenvalue weighted by Gasteiger charge is 2.37. The minimum absolute atomic E-state index is 0.180. The Kier molecular flexibility index (Phi) is 3.28. The predicted octanol–water partition coefficient (Wildman–Crippen LogP) is 2.08. The van der Waals surface area contributed by atoms with Gasteiger partial charge in [0, 0.05) is 6.54 Å². The van der Waals surface area contributed by atoms with Crippen LogP contribution in [0.2, 0.25) is 0 Å². The van der Waals surface area contributed by atoms with Crippen LogP contribution in [0.1, 0.15) is 38.9 Å². The van der Waals surface area contributed by atoms with Crippen molar-refractivity contribution in [1.29, 1.82) is 5.26 Å². The molecule has 0 bridgehead atoms. The molecule has 0 radical (unpaired) electrons. The van der Waals surface area contributed by atoms with Gasteiger partial charge >= 0.3 is 0 Å². The van der Waals surface area contributed by atoms with E-state index in [2.05, 4.69) is 21.3 Å². The second-order valence-electron chi connectivity index (χ2n) is 5.40. The van der Waals surface area contributed by atoms with Gasteiger partial charge in [0.25, 0.3) is 5.91 Å². The van der Waals surface area contributed by atoms with Gasteiger partial charge in [0.1, 0.15) is 6.04 Å². The van der Waals surface area contributed by atoms with Crippen LogP contribution in [0.4, 0.5) is 0 Å². The van der Waals surface area contributed by atoms with Gasteiger partial charge in [0.05, 0.1) is 35.8 Å². The molecular weight excluding hydrogens is 306 g/mol. The molecule has 3 aromatic rings. The van der Waals surface area contributed by atoms with E-state index < -0.39 is 0 Å². The third-order valence-corrected chi connectivity index (χ3v) is 4.03. The summed E-state index contributed by atoms with van der Waals surface area (Å²) in [7, 11) is 0. The molecule has 1 aliphatic rings. The Morgan fingerprint density at radius 1 is 1.29 bits per heavy atom. The Morgan fingerprint density at radius 3 is 2.92 bits per heavy atom. The Morgan fingerprint density at radius 2 is 2.21 bits per heavy atom. The Labute approximate surface area is 137 Å². The number of hydrogen-bond acceptors (Lipinski definition) is 6. The summed E-state index contributed by atoms with van der Waals surface area (Å²) in [5.74, 6) is 0.398. The maximum atomic E-state index is 12.9. The van der Waals surface area contributed by atoms with E-state index in [0.29, 0.717) is 23.4 Å². The standard InChI is InChI=1S/C17H11N5O2/c18-6-11-1-2-14-13(5-11)9-22(16(14)15-8-19-10-24-15)17(23)12-3-4-20-21-7-12/h1-5,7-8,10,16H,9H2. The zero-order valence-corrected chi connectivity index (χ0v) is 12.5. The van der Waals surface area contributed by atoms with E-state index in [1.54, 1.807) is 29.3 Å². The fraction of sp³-hybridized carbons (Fsp3) is 0.118. The molecule has 1 amide bonds. The monoisotopic (exact) mass is 317 g/mol. The lowest BCUT2D eigenvalue weighted by atomic mass is 10.0. The summed E-state index contributed by atoms with van der Waals surface area (Å²) in [6, 6.07) is 8.77. The number of hydrogen-bond donors (Lipinski definition) is 0. The highest BCUT2D eigenvalue weighted by atomic mass is 16.3. The molecule has 116 valence electrons. The largest absolute Gasteiger partial charge is 0.446 e. The lowest BCUT2D eigenvalue weighted by molar-refractivity contribution is 0.0702. The van der Waals surface area contributed by atoms with Crippen LogP contribution in [0.5, 0.6) is 0 Å². The third-order valence-electron chi connectivity index (χ3n) is 4.03. The molecule has 1 unspecified atom stereocenters. The van der Waals surface area contributed by atoms with Gasteiger partial charge in [0.2, 0.25) is 0 Å². The van der Waals surface area contributed by atoms with E-state index in [4.69, 9.17) is 9.68 Å². The van der Waals surface area contributed by atoms with Crippen molar-refractivity contribution >= 4 is 5.91 Å². The molecule has 0 saturated heterocycles. The van der Waals surface area contributed by atoms with Crippen molar-refractivity contribution in [2.45, 2.75) is 12.6 Å². The first-order chi connectivity index (χ1) is 11.8. The molecule has 0 spiro atoms. The van der Waals surface area contributed by atoms with Crippen LogP contribution >= 0.6 is 0 Å². The third kappa shape index (κ3) is 2.21. The van der Waals surface area contributed by atoms with Crippen molar-refractivity contribution in [2.24, 2.45) is 0 Å². The van der Waals surface area contributed by atoms with Gasteiger partial charge in [-0.05, 0) is 29.3 Å². The molecule has 4 rings (SSSR count). The van der Waals surface area contributed by atoms with E-state index in [9.17, 15) is 4.79 Å². The van der Waals surface area contributed by atoms with Gasteiger partial charge in [-0.2, -0.15) is 15.5 Å². The number of nitriles is 1. The van der Waals surface area contributed by atoms with Crippen LogP contribution in [0, 0.1) is 11.3 Å². The maximum absolute atomic E-state index is 12.9. The summed E-state index contributed by atoms with van der Waals surface area (Å²) in [6.07, 6.45) is 5.85. The SMILES string of the molecule is N#Cc1ccc2c(c1)CN(C(=O)c1ccnnc1)C2c1cnco1. The summed E-state index contributed by atoms with van der Waals surface area (Å²) in [4.78, 5) is 18.6. The van der Waals surface area contributed by atoms with E-state index in [1.165, 1.54) is 18.8 Å². The van der Waals surface area contributed by atoms with Crippen molar-refractivity contribution < 1.29 is 9.21 Å². The Bertz CT molecular complexity index is 931. The summed E-state index contributed by atoms with van der Waals surface area (Å²) in [5.41, 5.74) is 2.86. The lowest BCUT2D eigenvalue weighted by Crippen LogP contribution is -2.30. The van der Waals surface area contributed by atoms with Gasteiger partial charge in [-0.25, -0.2) is 4.98 Å². The fourth-order valence-corrected chi connectivity index (χ4v) is 2.96. The molecule has 0 fully saturated rings. The van der Waals surface area contributed by atoms with E-state index >= 15 is 0 Å². The molecular formula is C17H11N5O2. The number of oxazole rings is 1. The number of carbonyl (C=O) groups excluding carboxylic acids is 1. The zero-order valence-electron chi connectivity index (χ0n) is 12.5. The molecule has 0 aliphatic carbocycles. The number of fused-ring (bicyclic) bond motifs is 1. The zero-order chi connectivity index (χ0) is 16.5. The van der Waals surface area contributed by atoms with Crippen molar-refractivity contribution in [2.75, 3.05) is 0 Å². The van der Waals surface area contributed by atoms with Gasteiger partial charge in [-0.1, -0.05) is 6.07 Å². The van der Waals surface area contributed by atoms with Gasteiger partial charge in [0.15, 0.2) is 12.2 Å². The van der Waals surface area contributed by atoms with Crippen LogP contribution in [0.15, 0.2) is 53.7 Å². The molecule has 1 aliphatic heterocycles. The van der Waals surface area contributed by atoms with Crippen LogP contribution in [0.25, 0.3) is 0 Å². The molecule has 1 aromatic carbocycles. The average Bonchev–Trinajstić information content (AvgIpc) is 3.28. The highest BCUT2D eigenvalue weighted by molar-refractivity contribution is 5.94. The lowest BCUT2D eigenvalue weighted by Gasteiger charge is -2.23.